The SMILES string of the molecule is CC(O)C(O)C[C@H]1OCc2c(O)cccc21. The average Bonchev–Trinajstić information content (AvgIpc) is 2.63. The molecule has 1 heterocycles. The monoisotopic (exact) mass is 224 g/mol. The molecule has 3 atom stereocenters. The summed E-state index contributed by atoms with van der Waals surface area (Å²) in [7, 11) is 0. The molecule has 88 valence electrons. The molecular formula is C12H16O4. The summed E-state index contributed by atoms with van der Waals surface area (Å²) in [5.41, 5.74) is 1.69. The number of hydrogen-bond donors (Lipinski definition) is 3. The molecule has 1 aliphatic rings. The minimum absolute atomic E-state index is 0.228. The normalized spacial score (nSPS) is 22.8. The molecule has 1 aliphatic heterocycles. The quantitative estimate of drug-likeness (QED) is 0.719. The van der Waals surface area contributed by atoms with Gasteiger partial charge in [-0.25, -0.2) is 0 Å². The fourth-order valence-corrected chi connectivity index (χ4v) is 1.94. The van der Waals surface area contributed by atoms with Crippen molar-refractivity contribution in [3.63, 3.8) is 0 Å². The van der Waals surface area contributed by atoms with Gasteiger partial charge in [0, 0.05) is 12.0 Å². The van der Waals surface area contributed by atoms with E-state index >= 15 is 0 Å². The Bertz CT molecular complexity index is 375. The predicted octanol–water partition coefficient (Wildman–Crippen LogP) is 1.10. The summed E-state index contributed by atoms with van der Waals surface area (Å²) in [6.07, 6.45) is -1.48. The number of ether oxygens (including phenoxy) is 1. The van der Waals surface area contributed by atoms with Crippen LogP contribution < -0.4 is 0 Å². The number of aromatic hydroxyl groups is 1. The molecule has 0 amide bonds. The lowest BCUT2D eigenvalue weighted by molar-refractivity contribution is -0.0241. The summed E-state index contributed by atoms with van der Waals surface area (Å²) in [6.45, 7) is 1.90. The Hall–Kier alpha value is -1.10. The third kappa shape index (κ3) is 2.04. The highest BCUT2D eigenvalue weighted by Crippen LogP contribution is 2.38. The Morgan fingerprint density at radius 2 is 2.19 bits per heavy atom. The number of fused-ring (bicyclic) bond motifs is 1. The van der Waals surface area contributed by atoms with Gasteiger partial charge in [0.2, 0.25) is 0 Å². The second-order valence-corrected chi connectivity index (χ2v) is 4.19. The van der Waals surface area contributed by atoms with Gasteiger partial charge < -0.3 is 20.1 Å². The van der Waals surface area contributed by atoms with Gasteiger partial charge in [-0.3, -0.25) is 0 Å². The first-order valence-corrected chi connectivity index (χ1v) is 5.38. The van der Waals surface area contributed by atoms with E-state index in [0.717, 1.165) is 11.1 Å². The summed E-state index contributed by atoms with van der Waals surface area (Å²) in [4.78, 5) is 0. The first-order chi connectivity index (χ1) is 7.59. The first-order valence-electron chi connectivity index (χ1n) is 5.38. The van der Waals surface area contributed by atoms with Crippen LogP contribution in [0.2, 0.25) is 0 Å². The van der Waals surface area contributed by atoms with Gasteiger partial charge in [-0.1, -0.05) is 12.1 Å². The van der Waals surface area contributed by atoms with Crippen molar-refractivity contribution >= 4 is 0 Å². The van der Waals surface area contributed by atoms with Crippen molar-refractivity contribution in [1.82, 2.24) is 0 Å². The van der Waals surface area contributed by atoms with Crippen molar-refractivity contribution in [2.24, 2.45) is 0 Å². The molecule has 0 saturated carbocycles. The molecule has 0 radical (unpaired) electrons. The van der Waals surface area contributed by atoms with E-state index in [1.54, 1.807) is 19.1 Å². The molecule has 1 aromatic rings. The summed E-state index contributed by atoms with van der Waals surface area (Å²) in [6, 6.07) is 5.25. The molecular weight excluding hydrogens is 208 g/mol. The van der Waals surface area contributed by atoms with Gasteiger partial charge in [0.05, 0.1) is 24.9 Å². The van der Waals surface area contributed by atoms with Crippen molar-refractivity contribution in [2.75, 3.05) is 0 Å². The minimum atomic E-state index is -0.807. The Morgan fingerprint density at radius 3 is 2.88 bits per heavy atom. The van der Waals surface area contributed by atoms with E-state index in [4.69, 9.17) is 4.74 Å². The molecule has 4 nitrogen and oxygen atoms in total. The van der Waals surface area contributed by atoms with Gasteiger partial charge >= 0.3 is 0 Å². The van der Waals surface area contributed by atoms with Crippen LogP contribution in [-0.4, -0.2) is 27.5 Å². The number of aliphatic hydroxyl groups is 2. The molecule has 0 aliphatic carbocycles. The van der Waals surface area contributed by atoms with E-state index in [1.165, 1.54) is 0 Å². The van der Waals surface area contributed by atoms with Crippen molar-refractivity contribution in [3.8, 4) is 5.75 Å². The fraction of sp³-hybridized carbons (Fsp3) is 0.500. The van der Waals surface area contributed by atoms with E-state index in [2.05, 4.69) is 0 Å². The molecule has 0 spiro atoms. The minimum Gasteiger partial charge on any atom is -0.508 e. The van der Waals surface area contributed by atoms with Crippen LogP contribution in [0, 0.1) is 0 Å². The third-order valence-electron chi connectivity index (χ3n) is 2.98. The van der Waals surface area contributed by atoms with Gasteiger partial charge in [0.15, 0.2) is 0 Å². The third-order valence-corrected chi connectivity index (χ3v) is 2.98. The molecule has 2 unspecified atom stereocenters. The lowest BCUT2D eigenvalue weighted by Gasteiger charge is -2.18. The van der Waals surface area contributed by atoms with Crippen LogP contribution in [0.15, 0.2) is 18.2 Å². The van der Waals surface area contributed by atoms with Crippen LogP contribution in [0.5, 0.6) is 5.75 Å². The predicted molar refractivity (Wildman–Crippen MR) is 57.9 cm³/mol. The number of aliphatic hydroxyl groups excluding tert-OH is 2. The van der Waals surface area contributed by atoms with E-state index in [9.17, 15) is 15.3 Å². The Labute approximate surface area is 94.1 Å². The summed E-state index contributed by atoms with van der Waals surface area (Å²) >= 11 is 0. The largest absolute Gasteiger partial charge is 0.508 e. The van der Waals surface area contributed by atoms with Crippen molar-refractivity contribution < 1.29 is 20.1 Å². The van der Waals surface area contributed by atoms with Crippen LogP contribution in [0.1, 0.15) is 30.6 Å². The maximum Gasteiger partial charge on any atom is 0.121 e. The highest BCUT2D eigenvalue weighted by atomic mass is 16.5. The van der Waals surface area contributed by atoms with Crippen LogP contribution in [0.25, 0.3) is 0 Å². The fourth-order valence-electron chi connectivity index (χ4n) is 1.94. The van der Waals surface area contributed by atoms with Crippen LogP contribution in [0.4, 0.5) is 0 Å². The number of benzene rings is 1. The van der Waals surface area contributed by atoms with Gasteiger partial charge in [0.25, 0.3) is 0 Å². The smallest absolute Gasteiger partial charge is 0.121 e. The molecule has 0 fully saturated rings. The van der Waals surface area contributed by atoms with Crippen LogP contribution in [-0.2, 0) is 11.3 Å². The molecule has 4 heteroatoms. The van der Waals surface area contributed by atoms with Crippen LogP contribution >= 0.6 is 0 Å². The lowest BCUT2D eigenvalue weighted by Crippen LogP contribution is -2.24. The Balaban J connectivity index is 2.15. The van der Waals surface area contributed by atoms with Crippen molar-refractivity contribution in [1.29, 1.82) is 0 Å². The topological polar surface area (TPSA) is 69.9 Å². The second kappa shape index (κ2) is 4.41. The number of phenolic OH excluding ortho intramolecular Hbond substituents is 1. The van der Waals surface area contributed by atoms with Gasteiger partial charge in [-0.05, 0) is 18.6 Å². The van der Waals surface area contributed by atoms with Gasteiger partial charge in [-0.15, -0.1) is 0 Å². The molecule has 1 aromatic carbocycles. The van der Waals surface area contributed by atoms with E-state index in [0.29, 0.717) is 13.0 Å². The summed E-state index contributed by atoms with van der Waals surface area (Å²) in [5.74, 6) is 0.228. The number of rotatable bonds is 3. The van der Waals surface area contributed by atoms with E-state index in [1.807, 2.05) is 6.07 Å². The zero-order chi connectivity index (χ0) is 11.7. The summed E-state index contributed by atoms with van der Waals surface area (Å²) < 4.78 is 5.49. The van der Waals surface area contributed by atoms with Gasteiger partial charge in [0.1, 0.15) is 5.75 Å². The zero-order valence-electron chi connectivity index (χ0n) is 9.13. The number of hydrogen-bond acceptors (Lipinski definition) is 4. The van der Waals surface area contributed by atoms with Crippen molar-refractivity contribution in [3.05, 3.63) is 29.3 Å². The second-order valence-electron chi connectivity index (χ2n) is 4.19. The summed E-state index contributed by atoms with van der Waals surface area (Å²) in [5, 5.41) is 28.4. The first kappa shape index (κ1) is 11.4. The van der Waals surface area contributed by atoms with Crippen molar-refractivity contribution in [2.45, 2.75) is 38.3 Å². The lowest BCUT2D eigenvalue weighted by atomic mass is 9.99. The van der Waals surface area contributed by atoms with Gasteiger partial charge in [-0.2, -0.15) is 0 Å². The zero-order valence-corrected chi connectivity index (χ0v) is 9.13. The highest BCUT2D eigenvalue weighted by Gasteiger charge is 2.28. The molecule has 3 N–H and O–H groups in total. The Kier molecular flexibility index (Phi) is 3.14. The Morgan fingerprint density at radius 1 is 1.44 bits per heavy atom. The highest BCUT2D eigenvalue weighted by molar-refractivity contribution is 5.42. The molecule has 0 aromatic heterocycles. The van der Waals surface area contributed by atoms with E-state index in [-0.39, 0.29) is 11.9 Å². The molecule has 16 heavy (non-hydrogen) atoms. The van der Waals surface area contributed by atoms with E-state index < -0.39 is 12.2 Å². The van der Waals surface area contributed by atoms with Crippen LogP contribution in [0.3, 0.4) is 0 Å². The maximum atomic E-state index is 9.60. The average molecular weight is 224 g/mol. The standard InChI is InChI=1S/C12H16O4/c1-7(13)11(15)5-12-8-3-2-4-10(14)9(8)6-16-12/h2-4,7,11-15H,5-6H2,1H3/t7?,11?,12-/m1/s1. The number of phenols is 1. The molecule has 0 saturated heterocycles. The molecule has 2 rings (SSSR count). The molecule has 0 bridgehead atoms. The maximum absolute atomic E-state index is 9.60.